The highest BCUT2D eigenvalue weighted by Gasteiger charge is 2.22. The van der Waals surface area contributed by atoms with Crippen LogP contribution in [0.4, 0.5) is 5.69 Å². The molecule has 1 rings (SSSR count). The van der Waals surface area contributed by atoms with Crippen LogP contribution in [0, 0.1) is 10.1 Å². The molecule has 0 aliphatic rings. The third kappa shape index (κ3) is 3.27. The average Bonchev–Trinajstić information content (AvgIpc) is 2.27. The van der Waals surface area contributed by atoms with E-state index in [4.69, 9.17) is 16.3 Å². The van der Waals surface area contributed by atoms with Gasteiger partial charge in [-0.1, -0.05) is 11.6 Å². The van der Waals surface area contributed by atoms with Gasteiger partial charge in [-0.05, 0) is 19.1 Å². The molecule has 96 valence electrons. The molecule has 0 saturated carbocycles. The molecule has 0 spiro atoms. The highest BCUT2D eigenvalue weighted by atomic mass is 35.5. The fourth-order valence-corrected chi connectivity index (χ4v) is 1.77. The summed E-state index contributed by atoms with van der Waals surface area (Å²) < 4.78 is 4.70. The minimum atomic E-state index is -0.689. The Hall–Kier alpha value is -1.95. The largest absolute Gasteiger partial charge is 0.466 e. The van der Waals surface area contributed by atoms with Crippen molar-refractivity contribution < 1.29 is 19.2 Å². The third-order valence-corrected chi connectivity index (χ3v) is 2.41. The van der Waals surface area contributed by atoms with Gasteiger partial charge in [0.2, 0.25) is 0 Å². The number of nitro groups is 1. The topological polar surface area (TPSA) is 86.5 Å². The number of rotatable bonds is 5. The predicted molar refractivity (Wildman–Crippen MR) is 63.8 cm³/mol. The molecule has 1 aromatic rings. The summed E-state index contributed by atoms with van der Waals surface area (Å²) in [6.45, 7) is 1.80. The fraction of sp³-hybridized carbons (Fsp3) is 0.273. The zero-order chi connectivity index (χ0) is 13.7. The molecule has 0 radical (unpaired) electrons. The van der Waals surface area contributed by atoms with Gasteiger partial charge in [-0.3, -0.25) is 19.7 Å². The maximum atomic E-state index is 11.3. The Balaban J connectivity index is 3.21. The molecule has 0 unspecified atom stereocenters. The number of halogens is 1. The number of ether oxygens (including phenoxy) is 1. The summed E-state index contributed by atoms with van der Waals surface area (Å²) in [4.78, 5) is 32.2. The molecule has 0 bridgehead atoms. The molecular formula is C11H10ClNO5. The van der Waals surface area contributed by atoms with Crippen LogP contribution in [0.3, 0.4) is 0 Å². The standard InChI is InChI=1S/C11H10ClNO5/c1-2-18-10(15)5-8-3-7(6-14)4-9(12)11(8)13(16)17/h3-4,6H,2,5H2,1H3. The number of benzene rings is 1. The summed E-state index contributed by atoms with van der Waals surface area (Å²) in [5, 5.41) is 10.7. The Kier molecular flexibility index (Phi) is 4.79. The second-order valence-corrected chi connectivity index (χ2v) is 3.77. The maximum absolute atomic E-state index is 11.3. The predicted octanol–water partition coefficient (Wildman–Crippen LogP) is 2.17. The van der Waals surface area contributed by atoms with E-state index in [9.17, 15) is 19.7 Å². The van der Waals surface area contributed by atoms with E-state index < -0.39 is 10.9 Å². The van der Waals surface area contributed by atoms with E-state index in [0.29, 0.717) is 6.29 Å². The molecule has 0 atom stereocenters. The zero-order valence-corrected chi connectivity index (χ0v) is 10.3. The number of hydrogen-bond acceptors (Lipinski definition) is 5. The molecule has 0 fully saturated rings. The van der Waals surface area contributed by atoms with E-state index >= 15 is 0 Å². The molecule has 1 aromatic carbocycles. The monoisotopic (exact) mass is 271 g/mol. The number of carbonyl (C=O) groups excluding carboxylic acids is 2. The van der Waals surface area contributed by atoms with E-state index in [1.165, 1.54) is 12.1 Å². The Morgan fingerprint density at radius 2 is 2.22 bits per heavy atom. The van der Waals surface area contributed by atoms with Crippen LogP contribution in [0.2, 0.25) is 5.02 Å². The Bertz CT molecular complexity index is 500. The number of carbonyl (C=O) groups is 2. The van der Waals surface area contributed by atoms with Gasteiger partial charge < -0.3 is 4.74 Å². The smallest absolute Gasteiger partial charge is 0.310 e. The van der Waals surface area contributed by atoms with E-state index in [-0.39, 0.29) is 34.9 Å². The van der Waals surface area contributed by atoms with Gasteiger partial charge in [0, 0.05) is 11.1 Å². The maximum Gasteiger partial charge on any atom is 0.310 e. The van der Waals surface area contributed by atoms with Crippen LogP contribution < -0.4 is 0 Å². The molecular weight excluding hydrogens is 262 g/mol. The van der Waals surface area contributed by atoms with Crippen LogP contribution in [-0.4, -0.2) is 23.8 Å². The molecule has 0 aromatic heterocycles. The molecule has 0 N–H and O–H groups in total. The van der Waals surface area contributed by atoms with E-state index in [1.807, 2.05) is 0 Å². The Morgan fingerprint density at radius 1 is 1.56 bits per heavy atom. The summed E-state index contributed by atoms with van der Waals surface area (Å²) >= 11 is 5.72. The van der Waals surface area contributed by atoms with Crippen molar-refractivity contribution >= 4 is 29.5 Å². The molecule has 6 nitrogen and oxygen atoms in total. The molecule has 0 aliphatic heterocycles. The lowest BCUT2D eigenvalue weighted by Gasteiger charge is -2.05. The van der Waals surface area contributed by atoms with Gasteiger partial charge in [0.15, 0.2) is 0 Å². The minimum absolute atomic E-state index is 0.0630. The zero-order valence-electron chi connectivity index (χ0n) is 9.51. The lowest BCUT2D eigenvalue weighted by Crippen LogP contribution is -2.10. The number of nitrogens with zero attached hydrogens (tertiary/aromatic N) is 1. The quantitative estimate of drug-likeness (QED) is 0.354. The summed E-state index contributed by atoms with van der Waals surface area (Å²) in [6, 6.07) is 2.44. The summed E-state index contributed by atoms with van der Waals surface area (Å²) in [5.41, 5.74) is -0.145. The molecule has 0 amide bonds. The molecule has 18 heavy (non-hydrogen) atoms. The van der Waals surface area contributed by atoms with Crippen LogP contribution >= 0.6 is 11.6 Å². The first-order valence-corrected chi connectivity index (χ1v) is 5.45. The highest BCUT2D eigenvalue weighted by molar-refractivity contribution is 6.33. The Morgan fingerprint density at radius 3 is 2.72 bits per heavy atom. The first kappa shape index (κ1) is 14.1. The van der Waals surface area contributed by atoms with Gasteiger partial charge in [0.05, 0.1) is 18.0 Å². The van der Waals surface area contributed by atoms with Gasteiger partial charge in [-0.25, -0.2) is 0 Å². The van der Waals surface area contributed by atoms with Crippen molar-refractivity contribution in [3.63, 3.8) is 0 Å². The van der Waals surface area contributed by atoms with Crippen LogP contribution in [0.15, 0.2) is 12.1 Å². The first-order chi connectivity index (χ1) is 8.49. The number of hydrogen-bond donors (Lipinski definition) is 0. The molecule has 0 aliphatic carbocycles. The normalized spacial score (nSPS) is 9.89. The number of nitro benzene ring substituents is 1. The van der Waals surface area contributed by atoms with Crippen LogP contribution in [0.25, 0.3) is 0 Å². The SMILES string of the molecule is CCOC(=O)Cc1cc(C=O)cc(Cl)c1[N+](=O)[O-]. The van der Waals surface area contributed by atoms with Crippen molar-refractivity contribution in [2.45, 2.75) is 13.3 Å². The van der Waals surface area contributed by atoms with Crippen molar-refractivity contribution in [3.05, 3.63) is 38.4 Å². The van der Waals surface area contributed by atoms with E-state index in [1.54, 1.807) is 6.92 Å². The molecule has 0 heterocycles. The van der Waals surface area contributed by atoms with Crippen LogP contribution in [0.1, 0.15) is 22.8 Å². The lowest BCUT2D eigenvalue weighted by molar-refractivity contribution is -0.385. The second-order valence-electron chi connectivity index (χ2n) is 3.37. The first-order valence-electron chi connectivity index (χ1n) is 5.07. The van der Waals surface area contributed by atoms with Gasteiger partial charge in [-0.2, -0.15) is 0 Å². The van der Waals surface area contributed by atoms with Crippen molar-refractivity contribution in [1.82, 2.24) is 0 Å². The lowest BCUT2D eigenvalue weighted by atomic mass is 10.1. The summed E-state index contributed by atoms with van der Waals surface area (Å²) in [6.07, 6.45) is 0.204. The van der Waals surface area contributed by atoms with E-state index in [2.05, 4.69) is 0 Å². The Labute approximate surface area is 108 Å². The van der Waals surface area contributed by atoms with Crippen molar-refractivity contribution in [2.24, 2.45) is 0 Å². The third-order valence-electron chi connectivity index (χ3n) is 2.12. The van der Waals surface area contributed by atoms with E-state index in [0.717, 1.165) is 0 Å². The second kappa shape index (κ2) is 6.11. The van der Waals surface area contributed by atoms with Gasteiger partial charge in [-0.15, -0.1) is 0 Å². The summed E-state index contributed by atoms with van der Waals surface area (Å²) in [5.74, 6) is -0.611. The number of esters is 1. The molecule has 7 heteroatoms. The van der Waals surface area contributed by atoms with Crippen molar-refractivity contribution in [3.8, 4) is 0 Å². The number of aldehydes is 1. The van der Waals surface area contributed by atoms with Crippen LogP contribution in [0.5, 0.6) is 0 Å². The van der Waals surface area contributed by atoms with Gasteiger partial charge >= 0.3 is 5.97 Å². The average molecular weight is 272 g/mol. The fourth-order valence-electron chi connectivity index (χ4n) is 1.45. The van der Waals surface area contributed by atoms with Gasteiger partial charge in [0.25, 0.3) is 5.69 Å². The van der Waals surface area contributed by atoms with Crippen molar-refractivity contribution in [2.75, 3.05) is 6.61 Å². The minimum Gasteiger partial charge on any atom is -0.466 e. The summed E-state index contributed by atoms with van der Waals surface area (Å²) in [7, 11) is 0. The van der Waals surface area contributed by atoms with Crippen molar-refractivity contribution in [1.29, 1.82) is 0 Å². The van der Waals surface area contributed by atoms with Gasteiger partial charge in [0.1, 0.15) is 11.3 Å². The molecule has 0 saturated heterocycles. The highest BCUT2D eigenvalue weighted by Crippen LogP contribution is 2.30. The van der Waals surface area contributed by atoms with Crippen LogP contribution in [-0.2, 0) is 16.0 Å².